The quantitative estimate of drug-likeness (QED) is 0.805. The number of hydrogen-bond donors (Lipinski definition) is 1. The first kappa shape index (κ1) is 18.7. The Morgan fingerprint density at radius 2 is 2.19 bits per heavy atom. The van der Waals surface area contributed by atoms with Crippen LogP contribution in [-0.4, -0.2) is 47.3 Å². The molecule has 26 heavy (non-hydrogen) atoms. The number of likely N-dealkylation sites (tertiary alicyclic amines) is 1. The van der Waals surface area contributed by atoms with Crippen molar-refractivity contribution in [3.8, 4) is 5.75 Å². The lowest BCUT2D eigenvalue weighted by atomic mass is 9.93. The van der Waals surface area contributed by atoms with Gasteiger partial charge in [-0.2, -0.15) is 5.10 Å². The number of amides is 1. The van der Waals surface area contributed by atoms with E-state index < -0.39 is 0 Å². The van der Waals surface area contributed by atoms with E-state index in [0.717, 1.165) is 38.9 Å². The molecule has 2 heterocycles. The van der Waals surface area contributed by atoms with Crippen molar-refractivity contribution < 1.29 is 9.53 Å². The van der Waals surface area contributed by atoms with Gasteiger partial charge in [0.1, 0.15) is 5.75 Å². The molecule has 2 aromatic rings. The fourth-order valence-electron chi connectivity index (χ4n) is 3.33. The van der Waals surface area contributed by atoms with E-state index in [2.05, 4.69) is 15.3 Å². The number of methoxy groups -OCH3 is 1. The summed E-state index contributed by atoms with van der Waals surface area (Å²) in [7, 11) is 1.57. The molecule has 0 saturated carbocycles. The van der Waals surface area contributed by atoms with E-state index in [1.54, 1.807) is 25.3 Å². The minimum atomic E-state index is -0.0128. The molecular formula is C19H25ClN4O2. The summed E-state index contributed by atoms with van der Waals surface area (Å²) >= 11 is 6.09. The van der Waals surface area contributed by atoms with Gasteiger partial charge in [-0.15, -0.1) is 0 Å². The van der Waals surface area contributed by atoms with Gasteiger partial charge in [0.15, 0.2) is 0 Å². The molecule has 1 N–H and O–H groups in total. The van der Waals surface area contributed by atoms with Crippen LogP contribution in [0, 0.1) is 5.92 Å². The number of carbonyl (C=O) groups is 1. The first-order valence-electron chi connectivity index (χ1n) is 8.97. The Morgan fingerprint density at radius 1 is 1.38 bits per heavy atom. The minimum absolute atomic E-state index is 0.0128. The van der Waals surface area contributed by atoms with Crippen molar-refractivity contribution >= 4 is 23.2 Å². The van der Waals surface area contributed by atoms with Crippen LogP contribution in [0.1, 0.15) is 19.3 Å². The van der Waals surface area contributed by atoms with E-state index in [1.807, 2.05) is 23.1 Å². The van der Waals surface area contributed by atoms with E-state index >= 15 is 0 Å². The predicted octanol–water partition coefficient (Wildman–Crippen LogP) is 3.29. The lowest BCUT2D eigenvalue weighted by Gasteiger charge is -2.31. The van der Waals surface area contributed by atoms with Crippen LogP contribution in [0.3, 0.4) is 0 Å². The molecule has 1 aliphatic heterocycles. The molecule has 6 nitrogen and oxygen atoms in total. The Morgan fingerprint density at radius 3 is 2.85 bits per heavy atom. The third-order valence-electron chi connectivity index (χ3n) is 4.84. The first-order valence-corrected chi connectivity index (χ1v) is 9.35. The number of aromatic nitrogens is 2. The molecular weight excluding hydrogens is 352 g/mol. The van der Waals surface area contributed by atoms with Gasteiger partial charge in [0, 0.05) is 24.6 Å². The number of rotatable bonds is 7. The number of nitrogens with zero attached hydrogens (tertiary/aromatic N) is 3. The Bertz CT molecular complexity index is 712. The van der Waals surface area contributed by atoms with Gasteiger partial charge < -0.3 is 10.1 Å². The smallest absolute Gasteiger partial charge is 0.238 e. The maximum Gasteiger partial charge on any atom is 0.238 e. The summed E-state index contributed by atoms with van der Waals surface area (Å²) < 4.78 is 7.11. The SMILES string of the molecule is COc1ccc(NC(=O)CN2CCC(CCn3cccn3)CC2)cc1Cl. The third-order valence-corrected chi connectivity index (χ3v) is 5.13. The van der Waals surface area contributed by atoms with Gasteiger partial charge in [0.05, 0.1) is 18.7 Å². The molecule has 0 spiro atoms. The molecule has 0 bridgehead atoms. The van der Waals surface area contributed by atoms with Crippen LogP contribution in [0.4, 0.5) is 5.69 Å². The molecule has 1 aliphatic rings. The molecule has 0 unspecified atom stereocenters. The Hall–Kier alpha value is -2.05. The number of halogens is 1. The van der Waals surface area contributed by atoms with Crippen LogP contribution in [0.2, 0.25) is 5.02 Å². The average Bonchev–Trinajstić information content (AvgIpc) is 3.15. The van der Waals surface area contributed by atoms with Crippen molar-refractivity contribution in [1.82, 2.24) is 14.7 Å². The third kappa shape index (κ3) is 5.22. The summed E-state index contributed by atoms with van der Waals surface area (Å²) in [6.07, 6.45) is 7.22. The molecule has 7 heteroatoms. The molecule has 0 aliphatic carbocycles. The molecule has 1 fully saturated rings. The second kappa shape index (κ2) is 9.05. The van der Waals surface area contributed by atoms with Gasteiger partial charge in [-0.25, -0.2) is 0 Å². The molecule has 0 radical (unpaired) electrons. The van der Waals surface area contributed by atoms with Crippen molar-refractivity contribution in [2.24, 2.45) is 5.92 Å². The zero-order valence-electron chi connectivity index (χ0n) is 15.0. The Kier molecular flexibility index (Phi) is 6.52. The van der Waals surface area contributed by atoms with E-state index in [9.17, 15) is 4.79 Å². The van der Waals surface area contributed by atoms with Crippen molar-refractivity contribution in [1.29, 1.82) is 0 Å². The number of anilines is 1. The molecule has 0 atom stereocenters. The summed E-state index contributed by atoms with van der Waals surface area (Å²) in [5.41, 5.74) is 0.690. The second-order valence-electron chi connectivity index (χ2n) is 6.67. The summed E-state index contributed by atoms with van der Waals surface area (Å²) in [6.45, 7) is 3.30. The van der Waals surface area contributed by atoms with E-state index in [0.29, 0.717) is 28.9 Å². The number of aryl methyl sites for hydroxylation is 1. The van der Waals surface area contributed by atoms with Crippen LogP contribution in [0.5, 0.6) is 5.75 Å². The van der Waals surface area contributed by atoms with E-state index in [4.69, 9.17) is 16.3 Å². The van der Waals surface area contributed by atoms with E-state index in [-0.39, 0.29) is 5.91 Å². The van der Waals surface area contributed by atoms with Crippen molar-refractivity contribution in [3.05, 3.63) is 41.7 Å². The highest BCUT2D eigenvalue weighted by molar-refractivity contribution is 6.32. The molecule has 140 valence electrons. The van der Waals surface area contributed by atoms with Gasteiger partial charge in [-0.1, -0.05) is 11.6 Å². The highest BCUT2D eigenvalue weighted by atomic mass is 35.5. The fourth-order valence-corrected chi connectivity index (χ4v) is 3.59. The minimum Gasteiger partial charge on any atom is -0.495 e. The molecule has 1 saturated heterocycles. The number of piperidine rings is 1. The zero-order valence-corrected chi connectivity index (χ0v) is 15.8. The lowest BCUT2D eigenvalue weighted by molar-refractivity contribution is -0.117. The Labute approximate surface area is 159 Å². The van der Waals surface area contributed by atoms with Crippen molar-refractivity contribution in [2.45, 2.75) is 25.8 Å². The fraction of sp³-hybridized carbons (Fsp3) is 0.474. The topological polar surface area (TPSA) is 59.4 Å². The highest BCUT2D eigenvalue weighted by Gasteiger charge is 2.21. The van der Waals surface area contributed by atoms with Gasteiger partial charge >= 0.3 is 0 Å². The largest absolute Gasteiger partial charge is 0.495 e. The van der Waals surface area contributed by atoms with Crippen molar-refractivity contribution in [3.63, 3.8) is 0 Å². The number of hydrogen-bond acceptors (Lipinski definition) is 4. The van der Waals surface area contributed by atoms with Crippen LogP contribution < -0.4 is 10.1 Å². The van der Waals surface area contributed by atoms with Gasteiger partial charge in [0.2, 0.25) is 5.91 Å². The Balaban J connectivity index is 1.39. The predicted molar refractivity (Wildman–Crippen MR) is 103 cm³/mol. The normalized spacial score (nSPS) is 15.8. The number of benzene rings is 1. The van der Waals surface area contributed by atoms with Gasteiger partial charge in [-0.3, -0.25) is 14.4 Å². The van der Waals surface area contributed by atoms with Crippen LogP contribution >= 0.6 is 11.6 Å². The summed E-state index contributed by atoms with van der Waals surface area (Å²) in [5.74, 6) is 1.29. The molecule has 1 amide bonds. The van der Waals surface area contributed by atoms with Crippen LogP contribution in [0.15, 0.2) is 36.7 Å². The zero-order chi connectivity index (χ0) is 18.4. The lowest BCUT2D eigenvalue weighted by Crippen LogP contribution is -2.39. The maximum atomic E-state index is 12.3. The van der Waals surface area contributed by atoms with Gasteiger partial charge in [-0.05, 0) is 62.5 Å². The highest BCUT2D eigenvalue weighted by Crippen LogP contribution is 2.27. The summed E-state index contributed by atoms with van der Waals surface area (Å²) in [5, 5.41) is 7.64. The number of nitrogens with one attached hydrogen (secondary N) is 1. The second-order valence-corrected chi connectivity index (χ2v) is 7.08. The monoisotopic (exact) mass is 376 g/mol. The van der Waals surface area contributed by atoms with Gasteiger partial charge in [0.25, 0.3) is 0 Å². The summed E-state index contributed by atoms with van der Waals surface area (Å²) in [6, 6.07) is 7.21. The molecule has 1 aromatic carbocycles. The van der Waals surface area contributed by atoms with E-state index in [1.165, 1.54) is 0 Å². The average molecular weight is 377 g/mol. The summed E-state index contributed by atoms with van der Waals surface area (Å²) in [4.78, 5) is 14.5. The first-order chi connectivity index (χ1) is 12.6. The van der Waals surface area contributed by atoms with Crippen LogP contribution in [-0.2, 0) is 11.3 Å². The maximum absolute atomic E-state index is 12.3. The molecule has 3 rings (SSSR count). The van der Waals surface area contributed by atoms with Crippen LogP contribution in [0.25, 0.3) is 0 Å². The standard InChI is InChI=1S/C19H25ClN4O2/c1-26-18-4-3-16(13-17(18)20)22-19(25)14-23-10-5-15(6-11-23)7-12-24-9-2-8-21-24/h2-4,8-9,13,15H,5-7,10-12,14H2,1H3,(H,22,25). The number of ether oxygens (including phenoxy) is 1. The number of carbonyl (C=O) groups excluding carboxylic acids is 1. The van der Waals surface area contributed by atoms with Crippen molar-refractivity contribution in [2.75, 3.05) is 32.1 Å². The molecule has 1 aromatic heterocycles.